The van der Waals surface area contributed by atoms with Gasteiger partial charge in [-0.2, -0.15) is 0 Å². The van der Waals surface area contributed by atoms with Crippen molar-refractivity contribution in [3.8, 4) is 17.6 Å². The van der Waals surface area contributed by atoms with Crippen LogP contribution in [0.3, 0.4) is 0 Å². The van der Waals surface area contributed by atoms with Crippen molar-refractivity contribution in [2.75, 3.05) is 13.2 Å². The lowest BCUT2D eigenvalue weighted by molar-refractivity contribution is -0.139. The van der Waals surface area contributed by atoms with Crippen molar-refractivity contribution in [1.29, 1.82) is 0 Å². The van der Waals surface area contributed by atoms with E-state index < -0.39 is 5.97 Å². The van der Waals surface area contributed by atoms with Gasteiger partial charge in [0.2, 0.25) is 5.91 Å². The maximum absolute atomic E-state index is 12.8. The van der Waals surface area contributed by atoms with E-state index in [0.717, 1.165) is 30.4 Å². The number of aliphatic carboxylic acids is 1. The van der Waals surface area contributed by atoms with Crippen LogP contribution in [0.25, 0.3) is 0 Å². The van der Waals surface area contributed by atoms with Gasteiger partial charge in [-0.15, -0.1) is 0 Å². The van der Waals surface area contributed by atoms with Crippen LogP contribution < -0.4 is 10.1 Å². The van der Waals surface area contributed by atoms with Crippen molar-refractivity contribution in [3.63, 3.8) is 0 Å². The first-order valence-electron chi connectivity index (χ1n) is 8.97. The number of carbonyl (C=O) groups excluding carboxylic acids is 1. The summed E-state index contributed by atoms with van der Waals surface area (Å²) >= 11 is 0. The number of carbonyl (C=O) groups is 2. The first-order valence-corrected chi connectivity index (χ1v) is 8.97. The van der Waals surface area contributed by atoms with Crippen molar-refractivity contribution in [2.45, 2.75) is 25.7 Å². The van der Waals surface area contributed by atoms with Crippen LogP contribution in [0.5, 0.6) is 5.75 Å². The van der Waals surface area contributed by atoms with Gasteiger partial charge < -0.3 is 15.2 Å². The molecule has 2 aromatic carbocycles. The second kappa shape index (κ2) is 11.4. The minimum atomic E-state index is -1.03. The topological polar surface area (TPSA) is 75.6 Å². The molecule has 28 heavy (non-hydrogen) atoms. The number of benzene rings is 2. The van der Waals surface area contributed by atoms with E-state index in [1.165, 1.54) is 12.1 Å². The second-order valence-electron chi connectivity index (χ2n) is 6.12. The lowest BCUT2D eigenvalue weighted by atomic mass is 10.1. The third kappa shape index (κ3) is 8.37. The fraction of sp³-hybridized carbons (Fsp3) is 0.273. The molecule has 146 valence electrons. The lowest BCUT2D eigenvalue weighted by Gasteiger charge is -2.03. The van der Waals surface area contributed by atoms with E-state index in [9.17, 15) is 14.0 Å². The molecule has 0 saturated carbocycles. The molecule has 2 aromatic rings. The van der Waals surface area contributed by atoms with Gasteiger partial charge in [-0.05, 0) is 61.2 Å². The van der Waals surface area contributed by atoms with Crippen LogP contribution in [0.2, 0.25) is 0 Å². The first-order chi connectivity index (χ1) is 13.5. The van der Waals surface area contributed by atoms with Gasteiger partial charge in [-0.25, -0.2) is 9.18 Å². The van der Waals surface area contributed by atoms with Crippen LogP contribution in [0.4, 0.5) is 4.39 Å². The molecule has 0 bridgehead atoms. The number of aryl methyl sites for hydroxylation is 1. The summed E-state index contributed by atoms with van der Waals surface area (Å²) in [6.45, 7) is -0.130. The third-order valence-electron chi connectivity index (χ3n) is 3.86. The monoisotopic (exact) mass is 383 g/mol. The Morgan fingerprint density at radius 2 is 1.75 bits per heavy atom. The number of ether oxygens (including phenoxy) is 1. The first kappa shape index (κ1) is 21.0. The fourth-order valence-corrected chi connectivity index (χ4v) is 2.42. The molecular formula is C22H22FNO4. The molecule has 2 rings (SSSR count). The molecule has 0 fully saturated rings. The number of amides is 1. The van der Waals surface area contributed by atoms with E-state index in [4.69, 9.17) is 9.84 Å². The molecular weight excluding hydrogens is 361 g/mol. The highest BCUT2D eigenvalue weighted by Gasteiger charge is 2.01. The van der Waals surface area contributed by atoms with E-state index >= 15 is 0 Å². The summed E-state index contributed by atoms with van der Waals surface area (Å²) in [5.74, 6) is 4.92. The minimum Gasteiger partial charge on any atom is -0.482 e. The molecule has 1 amide bonds. The number of carboxylic acids is 1. The largest absolute Gasteiger partial charge is 0.482 e. The highest BCUT2D eigenvalue weighted by Crippen LogP contribution is 2.11. The molecule has 2 N–H and O–H groups in total. The highest BCUT2D eigenvalue weighted by atomic mass is 19.1. The van der Waals surface area contributed by atoms with Crippen molar-refractivity contribution < 1.29 is 23.8 Å². The van der Waals surface area contributed by atoms with Crippen LogP contribution in [0.15, 0.2) is 48.5 Å². The maximum Gasteiger partial charge on any atom is 0.341 e. The lowest BCUT2D eigenvalue weighted by Crippen LogP contribution is -2.23. The number of unbranched alkanes of at least 4 members (excludes halogenated alkanes) is 1. The summed E-state index contributed by atoms with van der Waals surface area (Å²) in [4.78, 5) is 22.2. The molecule has 6 heteroatoms. The molecule has 5 nitrogen and oxygen atoms in total. The predicted octanol–water partition coefficient (Wildman–Crippen LogP) is 3.17. The molecule has 0 aliphatic rings. The van der Waals surface area contributed by atoms with Gasteiger partial charge in [0.15, 0.2) is 6.61 Å². The minimum absolute atomic E-state index is 0.0502. The molecule has 0 unspecified atom stereocenters. The van der Waals surface area contributed by atoms with Gasteiger partial charge >= 0.3 is 5.97 Å². The molecule has 0 spiro atoms. The Labute approximate surface area is 163 Å². The van der Waals surface area contributed by atoms with Gasteiger partial charge in [0.25, 0.3) is 0 Å². The summed E-state index contributed by atoms with van der Waals surface area (Å²) in [6, 6.07) is 13.1. The van der Waals surface area contributed by atoms with Crippen LogP contribution in [0.1, 0.15) is 30.4 Å². The summed E-state index contributed by atoms with van der Waals surface area (Å²) in [5.41, 5.74) is 1.81. The summed E-state index contributed by atoms with van der Waals surface area (Å²) < 4.78 is 17.9. The number of rotatable bonds is 9. The standard InChI is InChI=1S/C22H22FNO4/c23-19-11-7-17(8-12-19)4-1-2-6-21(25)24-15-3-5-18-9-13-20(14-10-18)28-16-22(26)27/h7-14H,1-2,4,6,15-16H2,(H,24,25)(H,26,27). The molecule has 0 saturated heterocycles. The zero-order chi connectivity index (χ0) is 20.2. The SMILES string of the molecule is O=C(O)COc1ccc(C#CCNC(=O)CCCCc2ccc(F)cc2)cc1. The zero-order valence-corrected chi connectivity index (χ0v) is 15.4. The van der Waals surface area contributed by atoms with Crippen LogP contribution in [-0.2, 0) is 16.0 Å². The Bertz CT molecular complexity index is 836. The zero-order valence-electron chi connectivity index (χ0n) is 15.4. The van der Waals surface area contributed by atoms with E-state index in [1.807, 2.05) is 0 Å². The summed E-state index contributed by atoms with van der Waals surface area (Å²) in [5, 5.41) is 11.3. The van der Waals surface area contributed by atoms with E-state index in [1.54, 1.807) is 36.4 Å². The summed E-state index contributed by atoms with van der Waals surface area (Å²) in [6.07, 6.45) is 2.87. The van der Waals surface area contributed by atoms with Crippen LogP contribution in [0, 0.1) is 17.7 Å². The second-order valence-corrected chi connectivity index (χ2v) is 6.12. The van der Waals surface area contributed by atoms with Crippen LogP contribution in [-0.4, -0.2) is 30.1 Å². The van der Waals surface area contributed by atoms with Gasteiger partial charge in [0.05, 0.1) is 6.54 Å². The van der Waals surface area contributed by atoms with Gasteiger partial charge in [0.1, 0.15) is 11.6 Å². The van der Waals surface area contributed by atoms with Crippen molar-refractivity contribution in [1.82, 2.24) is 5.32 Å². The molecule has 0 aliphatic heterocycles. The number of halogens is 1. The summed E-state index contributed by atoms with van der Waals surface area (Å²) in [7, 11) is 0. The Hall–Kier alpha value is -3.33. The average molecular weight is 383 g/mol. The average Bonchev–Trinajstić information content (AvgIpc) is 2.69. The van der Waals surface area contributed by atoms with Gasteiger partial charge in [-0.1, -0.05) is 24.0 Å². The van der Waals surface area contributed by atoms with E-state index in [2.05, 4.69) is 17.2 Å². The number of hydrogen-bond acceptors (Lipinski definition) is 3. The van der Waals surface area contributed by atoms with Crippen molar-refractivity contribution in [2.24, 2.45) is 0 Å². The predicted molar refractivity (Wildman–Crippen MR) is 103 cm³/mol. The number of carboxylic acid groups (broad SMARTS) is 1. The maximum atomic E-state index is 12.8. The quantitative estimate of drug-likeness (QED) is 0.515. The smallest absolute Gasteiger partial charge is 0.341 e. The van der Waals surface area contributed by atoms with E-state index in [0.29, 0.717) is 12.2 Å². The fourth-order valence-electron chi connectivity index (χ4n) is 2.42. The molecule has 0 aliphatic carbocycles. The molecule has 0 heterocycles. The van der Waals surface area contributed by atoms with Gasteiger partial charge in [-0.3, -0.25) is 4.79 Å². The Morgan fingerprint density at radius 1 is 1.04 bits per heavy atom. The Morgan fingerprint density at radius 3 is 2.43 bits per heavy atom. The Kier molecular flexibility index (Phi) is 8.54. The van der Waals surface area contributed by atoms with Crippen molar-refractivity contribution in [3.05, 3.63) is 65.5 Å². The molecule has 0 atom stereocenters. The normalized spacial score (nSPS) is 9.89. The number of nitrogens with one attached hydrogen (secondary N) is 1. The highest BCUT2D eigenvalue weighted by molar-refractivity contribution is 5.76. The van der Waals surface area contributed by atoms with Gasteiger partial charge in [0, 0.05) is 12.0 Å². The molecule has 0 aromatic heterocycles. The number of hydrogen-bond donors (Lipinski definition) is 2. The van der Waals surface area contributed by atoms with Crippen molar-refractivity contribution >= 4 is 11.9 Å². The molecule has 0 radical (unpaired) electrons. The third-order valence-corrected chi connectivity index (χ3v) is 3.86. The Balaban J connectivity index is 1.61. The van der Waals surface area contributed by atoms with Crippen LogP contribution >= 0.6 is 0 Å². The van der Waals surface area contributed by atoms with E-state index in [-0.39, 0.29) is 24.9 Å².